The number of para-hydroxylation sites is 2. The van der Waals surface area contributed by atoms with Gasteiger partial charge < -0.3 is 10.8 Å². The van der Waals surface area contributed by atoms with E-state index in [2.05, 4.69) is 9.98 Å². The Labute approximate surface area is 110 Å². The molecule has 0 atom stereocenters. The summed E-state index contributed by atoms with van der Waals surface area (Å²) in [6.45, 7) is 3.50. The topological polar surface area (TPSA) is 91.5 Å². The molecule has 0 spiro atoms. The first-order valence-corrected chi connectivity index (χ1v) is 5.82. The van der Waals surface area contributed by atoms with Crippen LogP contribution in [-0.2, 0) is 0 Å². The lowest BCUT2D eigenvalue weighted by atomic mass is 10.1. The van der Waals surface area contributed by atoms with Crippen LogP contribution >= 0.6 is 0 Å². The first kappa shape index (κ1) is 12.9. The monoisotopic (exact) mass is 257 g/mol. The van der Waals surface area contributed by atoms with Gasteiger partial charge in [0.15, 0.2) is 0 Å². The van der Waals surface area contributed by atoms with Gasteiger partial charge in [0.1, 0.15) is 0 Å². The summed E-state index contributed by atoms with van der Waals surface area (Å²) in [7, 11) is 0. The van der Waals surface area contributed by atoms with E-state index in [4.69, 9.17) is 5.73 Å². The third-order valence-electron chi connectivity index (χ3n) is 2.81. The Morgan fingerprint density at radius 3 is 2.68 bits per heavy atom. The molecule has 0 aliphatic carbocycles. The second-order valence-electron chi connectivity index (χ2n) is 4.30. The van der Waals surface area contributed by atoms with Crippen molar-refractivity contribution >= 4 is 17.1 Å². The quantitative estimate of drug-likeness (QED) is 0.568. The molecule has 0 saturated heterocycles. The molecule has 2 rings (SSSR count). The highest BCUT2D eigenvalue weighted by Crippen LogP contribution is 2.24. The molecule has 0 bridgehead atoms. The van der Waals surface area contributed by atoms with Crippen LogP contribution < -0.4 is 11.3 Å². The van der Waals surface area contributed by atoms with Crippen LogP contribution in [0.3, 0.4) is 0 Å². The lowest BCUT2D eigenvalue weighted by Gasteiger charge is -2.08. The van der Waals surface area contributed by atoms with Crippen LogP contribution in [0.15, 0.2) is 40.1 Å². The number of aromatic hydroxyl groups is 1. The Bertz CT molecular complexity index is 676. The van der Waals surface area contributed by atoms with Crippen molar-refractivity contribution in [2.75, 3.05) is 5.73 Å². The maximum Gasteiger partial charge on any atom is 0.250 e. The van der Waals surface area contributed by atoms with Crippen molar-refractivity contribution in [1.82, 2.24) is 4.98 Å². The first-order chi connectivity index (χ1) is 8.99. The minimum Gasteiger partial charge on any atom is -0.494 e. The van der Waals surface area contributed by atoms with E-state index in [9.17, 15) is 9.90 Å². The fraction of sp³-hybridized carbons (Fsp3) is 0.143. The number of aliphatic imine (C=N–C) groups is 1. The highest BCUT2D eigenvalue weighted by molar-refractivity contribution is 6.03. The van der Waals surface area contributed by atoms with Crippen molar-refractivity contribution in [2.24, 2.45) is 4.99 Å². The van der Waals surface area contributed by atoms with Gasteiger partial charge in [0, 0.05) is 6.07 Å². The van der Waals surface area contributed by atoms with E-state index in [1.165, 1.54) is 6.07 Å². The minimum absolute atomic E-state index is 0.180. The number of benzene rings is 1. The van der Waals surface area contributed by atoms with Crippen LogP contribution in [0.5, 0.6) is 5.88 Å². The summed E-state index contributed by atoms with van der Waals surface area (Å²) < 4.78 is 0. The Morgan fingerprint density at radius 2 is 2.05 bits per heavy atom. The standard InChI is InChI=1S/C14H15N3O2/c1-8-7-12(18)17-14(19)13(8)9(2)16-11-6-4-3-5-10(11)15/h3-7H,15H2,1-2H3,(H2,17,18,19). The van der Waals surface area contributed by atoms with Gasteiger partial charge in [-0.3, -0.25) is 14.8 Å². The van der Waals surface area contributed by atoms with Gasteiger partial charge in [0.05, 0.1) is 22.6 Å². The van der Waals surface area contributed by atoms with Crippen LogP contribution in [0.4, 0.5) is 11.4 Å². The lowest BCUT2D eigenvalue weighted by Crippen LogP contribution is -2.10. The van der Waals surface area contributed by atoms with Crippen LogP contribution in [0.2, 0.25) is 0 Å². The second kappa shape index (κ2) is 4.97. The molecule has 0 aliphatic rings. The van der Waals surface area contributed by atoms with Crippen LogP contribution in [0.25, 0.3) is 0 Å². The fourth-order valence-electron chi connectivity index (χ4n) is 1.95. The molecule has 5 nitrogen and oxygen atoms in total. The van der Waals surface area contributed by atoms with Crippen molar-refractivity contribution < 1.29 is 5.11 Å². The van der Waals surface area contributed by atoms with Gasteiger partial charge in [0.25, 0.3) is 5.56 Å². The number of anilines is 1. The zero-order chi connectivity index (χ0) is 14.0. The number of pyridine rings is 1. The highest BCUT2D eigenvalue weighted by atomic mass is 16.3. The summed E-state index contributed by atoms with van der Waals surface area (Å²) in [6.07, 6.45) is 0. The van der Waals surface area contributed by atoms with E-state index in [0.717, 1.165) is 0 Å². The van der Waals surface area contributed by atoms with Crippen LogP contribution in [0.1, 0.15) is 18.1 Å². The summed E-state index contributed by atoms with van der Waals surface area (Å²) in [6, 6.07) is 8.62. The molecule has 1 aromatic carbocycles. The van der Waals surface area contributed by atoms with E-state index in [1.54, 1.807) is 26.0 Å². The highest BCUT2D eigenvalue weighted by Gasteiger charge is 2.10. The van der Waals surface area contributed by atoms with Crippen molar-refractivity contribution in [2.45, 2.75) is 13.8 Å². The number of H-pyrrole nitrogens is 1. The maximum absolute atomic E-state index is 11.2. The minimum atomic E-state index is -0.342. The number of nitrogens with one attached hydrogen (secondary N) is 1. The van der Waals surface area contributed by atoms with Crippen molar-refractivity contribution in [3.8, 4) is 5.88 Å². The number of hydrogen-bond donors (Lipinski definition) is 3. The number of aromatic nitrogens is 1. The zero-order valence-electron chi connectivity index (χ0n) is 10.8. The molecule has 98 valence electrons. The third kappa shape index (κ3) is 2.65. The number of aromatic amines is 1. The Balaban J connectivity index is 2.54. The van der Waals surface area contributed by atoms with E-state index >= 15 is 0 Å². The molecule has 2 aromatic rings. The second-order valence-corrected chi connectivity index (χ2v) is 4.30. The van der Waals surface area contributed by atoms with E-state index in [1.807, 2.05) is 12.1 Å². The average Bonchev–Trinajstić information content (AvgIpc) is 2.30. The molecular formula is C14H15N3O2. The number of hydrogen-bond acceptors (Lipinski definition) is 4. The summed E-state index contributed by atoms with van der Waals surface area (Å²) in [5.41, 5.74) is 8.43. The molecule has 0 aliphatic heterocycles. The lowest BCUT2D eigenvalue weighted by molar-refractivity contribution is 0.450. The predicted octanol–water partition coefficient (Wildman–Crippen LogP) is 2.11. The first-order valence-electron chi connectivity index (χ1n) is 5.82. The van der Waals surface area contributed by atoms with E-state index < -0.39 is 0 Å². The molecule has 0 fully saturated rings. The molecular weight excluding hydrogens is 242 g/mol. The number of rotatable bonds is 2. The van der Waals surface area contributed by atoms with Crippen molar-refractivity contribution in [1.29, 1.82) is 0 Å². The van der Waals surface area contributed by atoms with Gasteiger partial charge in [-0.15, -0.1) is 0 Å². The Hall–Kier alpha value is -2.56. The van der Waals surface area contributed by atoms with Gasteiger partial charge in [0.2, 0.25) is 5.88 Å². The Morgan fingerprint density at radius 1 is 1.37 bits per heavy atom. The summed E-state index contributed by atoms with van der Waals surface area (Å²) >= 11 is 0. The average molecular weight is 257 g/mol. The molecule has 0 saturated carbocycles. The number of aryl methyl sites for hydroxylation is 1. The van der Waals surface area contributed by atoms with Gasteiger partial charge in [-0.25, -0.2) is 0 Å². The number of nitrogens with zero attached hydrogens (tertiary/aromatic N) is 1. The molecule has 1 aromatic heterocycles. The molecule has 1 heterocycles. The van der Waals surface area contributed by atoms with E-state index in [0.29, 0.717) is 28.2 Å². The number of nitrogens with two attached hydrogens (primary N) is 1. The van der Waals surface area contributed by atoms with Crippen molar-refractivity contribution in [3.05, 3.63) is 51.8 Å². The Kier molecular flexibility index (Phi) is 3.37. The van der Waals surface area contributed by atoms with Crippen LogP contribution in [-0.4, -0.2) is 15.8 Å². The third-order valence-corrected chi connectivity index (χ3v) is 2.81. The normalized spacial score (nSPS) is 11.6. The smallest absolute Gasteiger partial charge is 0.250 e. The van der Waals surface area contributed by atoms with Crippen molar-refractivity contribution in [3.63, 3.8) is 0 Å². The molecule has 19 heavy (non-hydrogen) atoms. The zero-order valence-corrected chi connectivity index (χ0v) is 10.8. The van der Waals surface area contributed by atoms with Gasteiger partial charge in [-0.05, 0) is 31.5 Å². The molecule has 5 heteroatoms. The van der Waals surface area contributed by atoms with Gasteiger partial charge in [-0.1, -0.05) is 12.1 Å². The molecule has 0 amide bonds. The summed E-state index contributed by atoms with van der Waals surface area (Å²) in [5, 5.41) is 9.82. The van der Waals surface area contributed by atoms with Gasteiger partial charge >= 0.3 is 0 Å². The van der Waals surface area contributed by atoms with Crippen LogP contribution in [0, 0.1) is 6.92 Å². The molecule has 0 unspecified atom stereocenters. The molecule has 0 radical (unpaired) electrons. The maximum atomic E-state index is 11.2. The summed E-state index contributed by atoms with van der Waals surface area (Å²) in [5.74, 6) is -0.180. The van der Waals surface area contributed by atoms with Gasteiger partial charge in [-0.2, -0.15) is 0 Å². The van der Waals surface area contributed by atoms with E-state index in [-0.39, 0.29) is 11.4 Å². The number of nitrogen functional groups attached to an aromatic ring is 1. The SMILES string of the molecule is CC(=Nc1ccccc1N)c1c(C)cc(=O)[nH]c1O. The molecule has 4 N–H and O–H groups in total. The fourth-order valence-corrected chi connectivity index (χ4v) is 1.95. The summed E-state index contributed by atoms with van der Waals surface area (Å²) in [4.78, 5) is 18.0. The predicted molar refractivity (Wildman–Crippen MR) is 76.2 cm³/mol. The largest absolute Gasteiger partial charge is 0.494 e.